The molecule has 2 aromatic heterocycles. The van der Waals surface area contributed by atoms with E-state index in [-0.39, 0.29) is 5.56 Å². The summed E-state index contributed by atoms with van der Waals surface area (Å²) in [4.78, 5) is 19.1. The monoisotopic (exact) mass is 536 g/mol. The number of hydrogen-bond donors (Lipinski definition) is 1. The Bertz CT molecular complexity index is 1610. The van der Waals surface area contributed by atoms with Crippen LogP contribution < -0.4 is 5.56 Å². The van der Waals surface area contributed by atoms with Gasteiger partial charge < -0.3 is 9.72 Å². The number of nitrogens with one attached hydrogen (secondary N) is 1. The quantitative estimate of drug-likeness (QED) is 0.244. The number of nitrogens with zero attached hydrogens (tertiary/aromatic N) is 5. The minimum atomic E-state index is -0.508. The molecule has 0 saturated carbocycles. The van der Waals surface area contributed by atoms with Crippen LogP contribution in [0.3, 0.4) is 0 Å². The third-order valence-corrected chi connectivity index (χ3v) is 7.26. The number of benzene rings is 3. The number of aromatic amines is 1. The Labute approximate surface area is 234 Å². The van der Waals surface area contributed by atoms with E-state index in [1.807, 2.05) is 43.3 Å². The van der Waals surface area contributed by atoms with Gasteiger partial charge in [0.25, 0.3) is 5.56 Å². The molecule has 0 bridgehead atoms. The average Bonchev–Trinajstić information content (AvgIpc) is 3.41. The van der Waals surface area contributed by atoms with Crippen LogP contribution in [0.5, 0.6) is 0 Å². The minimum absolute atomic E-state index is 0.155. The van der Waals surface area contributed by atoms with Gasteiger partial charge in [0.1, 0.15) is 6.04 Å². The van der Waals surface area contributed by atoms with Crippen molar-refractivity contribution in [3.63, 3.8) is 0 Å². The van der Waals surface area contributed by atoms with Crippen molar-refractivity contribution >= 4 is 10.9 Å². The number of rotatable bonds is 11. The molecule has 1 N–H and O–H groups in total. The Balaban J connectivity index is 1.66. The molecule has 0 saturated heterocycles. The van der Waals surface area contributed by atoms with Gasteiger partial charge in [0.15, 0.2) is 5.82 Å². The van der Waals surface area contributed by atoms with E-state index in [9.17, 15) is 4.79 Å². The Morgan fingerprint density at radius 3 is 2.38 bits per heavy atom. The number of pyridine rings is 1. The first-order chi connectivity index (χ1) is 19.4. The molecule has 206 valence electrons. The second-order valence-corrected chi connectivity index (χ2v) is 10.6. The summed E-state index contributed by atoms with van der Waals surface area (Å²) in [7, 11) is 1.65. The third-order valence-electron chi connectivity index (χ3n) is 7.26. The van der Waals surface area contributed by atoms with Crippen molar-refractivity contribution in [2.24, 2.45) is 0 Å². The molecule has 0 aliphatic rings. The van der Waals surface area contributed by atoms with Crippen molar-refractivity contribution in [3.05, 3.63) is 123 Å². The SMILES string of the molecule is COCCn1nnnc1[C@H](c1cc2ccc(C)cc2[nH]c1=O)N(Cc1ccccc1)Cc1ccc(C(C)C)cc1. The maximum Gasteiger partial charge on any atom is 0.253 e. The average molecular weight is 537 g/mol. The van der Waals surface area contributed by atoms with Gasteiger partial charge in [-0.15, -0.1) is 5.10 Å². The highest BCUT2D eigenvalue weighted by Gasteiger charge is 2.31. The molecule has 5 aromatic rings. The maximum atomic E-state index is 13.8. The highest BCUT2D eigenvalue weighted by molar-refractivity contribution is 5.79. The summed E-state index contributed by atoms with van der Waals surface area (Å²) < 4.78 is 7.08. The van der Waals surface area contributed by atoms with Crippen molar-refractivity contribution in [2.45, 2.75) is 52.4 Å². The summed E-state index contributed by atoms with van der Waals surface area (Å²) in [6.07, 6.45) is 0. The number of H-pyrrole nitrogens is 1. The minimum Gasteiger partial charge on any atom is -0.383 e. The lowest BCUT2D eigenvalue weighted by atomic mass is 9.99. The van der Waals surface area contributed by atoms with E-state index in [0.717, 1.165) is 27.6 Å². The van der Waals surface area contributed by atoms with Crippen LogP contribution in [-0.2, 0) is 24.4 Å². The fourth-order valence-electron chi connectivity index (χ4n) is 5.08. The summed E-state index contributed by atoms with van der Waals surface area (Å²) in [6.45, 7) is 8.53. The first-order valence-electron chi connectivity index (χ1n) is 13.7. The first kappa shape index (κ1) is 27.4. The highest BCUT2D eigenvalue weighted by Crippen LogP contribution is 2.30. The molecule has 1 atom stereocenters. The van der Waals surface area contributed by atoms with E-state index in [0.29, 0.717) is 43.5 Å². The Kier molecular flexibility index (Phi) is 8.48. The molecule has 0 radical (unpaired) electrons. The standard InChI is InChI=1S/C32H36N6O2/c1-22(2)26-14-11-25(12-15-26)21-37(20-24-8-6-5-7-9-24)30(31-34-35-36-38(31)16-17-40-4)28-19-27-13-10-23(3)18-29(27)33-32(28)39/h5-15,18-19,22,30H,16-17,20-21H2,1-4H3,(H,33,39)/t30-/m0/s1. The number of aryl methyl sites for hydroxylation is 1. The molecular formula is C32H36N6O2. The van der Waals surface area contributed by atoms with E-state index in [2.05, 4.69) is 81.7 Å². The molecule has 40 heavy (non-hydrogen) atoms. The predicted molar refractivity (Wildman–Crippen MR) is 157 cm³/mol. The van der Waals surface area contributed by atoms with Crippen LogP contribution in [-0.4, -0.2) is 43.8 Å². The van der Waals surface area contributed by atoms with Crippen LogP contribution in [0, 0.1) is 6.92 Å². The van der Waals surface area contributed by atoms with Crippen LogP contribution in [0.1, 0.15) is 59.4 Å². The maximum absolute atomic E-state index is 13.8. The van der Waals surface area contributed by atoms with Gasteiger partial charge in [0.05, 0.1) is 13.2 Å². The molecule has 2 heterocycles. The van der Waals surface area contributed by atoms with Crippen LogP contribution in [0.25, 0.3) is 10.9 Å². The second-order valence-electron chi connectivity index (χ2n) is 10.6. The van der Waals surface area contributed by atoms with Crippen molar-refractivity contribution in [1.82, 2.24) is 30.1 Å². The summed E-state index contributed by atoms with van der Waals surface area (Å²) in [5.41, 5.74) is 5.91. The number of methoxy groups -OCH3 is 1. The van der Waals surface area contributed by atoms with Crippen LogP contribution in [0.4, 0.5) is 0 Å². The van der Waals surface area contributed by atoms with Gasteiger partial charge in [-0.25, -0.2) is 4.68 Å². The molecule has 5 rings (SSSR count). The largest absolute Gasteiger partial charge is 0.383 e. The van der Waals surface area contributed by atoms with Gasteiger partial charge in [-0.2, -0.15) is 0 Å². The van der Waals surface area contributed by atoms with Crippen molar-refractivity contribution in [1.29, 1.82) is 0 Å². The predicted octanol–water partition coefficient (Wildman–Crippen LogP) is 5.38. The molecule has 0 amide bonds. The number of aromatic nitrogens is 5. The van der Waals surface area contributed by atoms with E-state index in [1.165, 1.54) is 5.56 Å². The van der Waals surface area contributed by atoms with Gasteiger partial charge in [-0.05, 0) is 63.0 Å². The van der Waals surface area contributed by atoms with Gasteiger partial charge >= 0.3 is 0 Å². The Hall–Kier alpha value is -4.14. The molecule has 3 aromatic carbocycles. The first-order valence-corrected chi connectivity index (χ1v) is 13.7. The van der Waals surface area contributed by atoms with E-state index in [4.69, 9.17) is 4.74 Å². The summed E-state index contributed by atoms with van der Waals surface area (Å²) >= 11 is 0. The molecule has 0 aliphatic carbocycles. The number of fused-ring (bicyclic) bond motifs is 1. The number of ether oxygens (including phenoxy) is 1. The summed E-state index contributed by atoms with van der Waals surface area (Å²) in [6, 6.07) is 26.6. The van der Waals surface area contributed by atoms with Gasteiger partial charge in [0, 0.05) is 31.3 Å². The zero-order valence-corrected chi connectivity index (χ0v) is 23.5. The second kappa shape index (κ2) is 12.4. The van der Waals surface area contributed by atoms with Crippen LogP contribution in [0.15, 0.2) is 83.7 Å². The molecule has 0 aliphatic heterocycles. The van der Waals surface area contributed by atoms with Crippen molar-refractivity contribution in [2.75, 3.05) is 13.7 Å². The third kappa shape index (κ3) is 6.19. The van der Waals surface area contributed by atoms with Gasteiger partial charge in [0.2, 0.25) is 0 Å². The molecule has 0 fully saturated rings. The zero-order chi connectivity index (χ0) is 28.1. The Morgan fingerprint density at radius 2 is 1.68 bits per heavy atom. The van der Waals surface area contributed by atoms with Crippen LogP contribution >= 0.6 is 0 Å². The topological polar surface area (TPSA) is 88.9 Å². The molecule has 8 heteroatoms. The lowest BCUT2D eigenvalue weighted by Crippen LogP contribution is -2.35. The summed E-state index contributed by atoms with van der Waals surface area (Å²) in [5, 5.41) is 13.7. The fourth-order valence-corrected chi connectivity index (χ4v) is 5.08. The fraction of sp³-hybridized carbons (Fsp3) is 0.312. The number of tetrazole rings is 1. The normalized spacial score (nSPS) is 12.4. The molecular weight excluding hydrogens is 500 g/mol. The summed E-state index contributed by atoms with van der Waals surface area (Å²) in [5.74, 6) is 1.05. The Morgan fingerprint density at radius 1 is 0.950 bits per heavy atom. The highest BCUT2D eigenvalue weighted by atomic mass is 16.5. The van der Waals surface area contributed by atoms with Crippen molar-refractivity contribution in [3.8, 4) is 0 Å². The van der Waals surface area contributed by atoms with Crippen LogP contribution in [0.2, 0.25) is 0 Å². The molecule has 8 nitrogen and oxygen atoms in total. The van der Waals surface area contributed by atoms with E-state index >= 15 is 0 Å². The molecule has 0 unspecified atom stereocenters. The smallest absolute Gasteiger partial charge is 0.253 e. The lowest BCUT2D eigenvalue weighted by Gasteiger charge is -2.31. The van der Waals surface area contributed by atoms with Crippen molar-refractivity contribution < 1.29 is 4.74 Å². The van der Waals surface area contributed by atoms with Gasteiger partial charge in [-0.3, -0.25) is 9.69 Å². The molecule has 0 spiro atoms. The number of hydrogen-bond acceptors (Lipinski definition) is 6. The zero-order valence-electron chi connectivity index (χ0n) is 23.5. The van der Waals surface area contributed by atoms with Gasteiger partial charge in [-0.1, -0.05) is 80.6 Å². The van der Waals surface area contributed by atoms with E-state index < -0.39 is 6.04 Å². The lowest BCUT2D eigenvalue weighted by molar-refractivity contribution is 0.169. The van der Waals surface area contributed by atoms with E-state index in [1.54, 1.807) is 11.8 Å².